The topological polar surface area (TPSA) is 48.0 Å². The monoisotopic (exact) mass is 330 g/mol. The van der Waals surface area contributed by atoms with Gasteiger partial charge in [0.15, 0.2) is 0 Å². The molecule has 3 aromatic rings. The molecule has 0 spiro atoms. The van der Waals surface area contributed by atoms with Gasteiger partial charge in [-0.1, -0.05) is 48.6 Å². The first-order chi connectivity index (χ1) is 12.3. The standard InChI is InChI=1S/C22H22N2O/c25-20-14-18(21-10-12-24-22(21)15-20)7-4-8-19-13-17(9-11-23-19)16-5-2-1-3-6-16/h1-7,9-10,12,14-15,19,23-25H,8,11,13H2/b7-4+. The van der Waals surface area contributed by atoms with Gasteiger partial charge >= 0.3 is 0 Å². The molecule has 1 aliphatic heterocycles. The Bertz CT molecular complexity index is 922. The van der Waals surface area contributed by atoms with E-state index in [-0.39, 0.29) is 0 Å². The first kappa shape index (κ1) is 15.7. The lowest BCUT2D eigenvalue weighted by Gasteiger charge is -2.23. The van der Waals surface area contributed by atoms with Crippen molar-refractivity contribution in [1.82, 2.24) is 10.3 Å². The van der Waals surface area contributed by atoms with Crippen molar-refractivity contribution in [3.63, 3.8) is 0 Å². The van der Waals surface area contributed by atoms with Crippen LogP contribution in [0.5, 0.6) is 5.75 Å². The number of fused-ring (bicyclic) bond motifs is 1. The highest BCUT2D eigenvalue weighted by molar-refractivity contribution is 5.89. The molecule has 126 valence electrons. The Morgan fingerprint density at radius 1 is 1.12 bits per heavy atom. The molecular formula is C22H22N2O. The van der Waals surface area contributed by atoms with Crippen LogP contribution in [0.15, 0.2) is 66.9 Å². The Labute approximate surface area is 147 Å². The summed E-state index contributed by atoms with van der Waals surface area (Å²) in [7, 11) is 0. The molecular weight excluding hydrogens is 308 g/mol. The van der Waals surface area contributed by atoms with Crippen LogP contribution < -0.4 is 5.32 Å². The van der Waals surface area contributed by atoms with Crippen LogP contribution in [0, 0.1) is 0 Å². The van der Waals surface area contributed by atoms with Gasteiger partial charge in [-0.3, -0.25) is 0 Å². The Kier molecular flexibility index (Phi) is 4.40. The van der Waals surface area contributed by atoms with E-state index in [2.05, 4.69) is 58.9 Å². The lowest BCUT2D eigenvalue weighted by atomic mass is 9.93. The molecule has 0 amide bonds. The predicted molar refractivity (Wildman–Crippen MR) is 104 cm³/mol. The zero-order valence-corrected chi connectivity index (χ0v) is 14.1. The molecule has 4 rings (SSSR count). The summed E-state index contributed by atoms with van der Waals surface area (Å²) >= 11 is 0. The Balaban J connectivity index is 1.45. The fraction of sp³-hybridized carbons (Fsp3) is 0.182. The average Bonchev–Trinajstić information content (AvgIpc) is 3.11. The van der Waals surface area contributed by atoms with Gasteiger partial charge in [-0.25, -0.2) is 0 Å². The van der Waals surface area contributed by atoms with E-state index in [9.17, 15) is 5.11 Å². The third-order valence-corrected chi connectivity index (χ3v) is 4.77. The molecule has 1 unspecified atom stereocenters. The summed E-state index contributed by atoms with van der Waals surface area (Å²) in [6.07, 6.45) is 10.5. The first-order valence-corrected chi connectivity index (χ1v) is 8.74. The summed E-state index contributed by atoms with van der Waals surface area (Å²) in [5, 5.41) is 14.6. The van der Waals surface area contributed by atoms with Crippen LogP contribution in [0.3, 0.4) is 0 Å². The fourth-order valence-electron chi connectivity index (χ4n) is 3.50. The highest BCUT2D eigenvalue weighted by Crippen LogP contribution is 2.26. The molecule has 1 aliphatic rings. The highest BCUT2D eigenvalue weighted by Gasteiger charge is 2.14. The molecule has 0 fully saturated rings. The number of hydrogen-bond acceptors (Lipinski definition) is 2. The number of phenols is 1. The number of phenolic OH excluding ortho intramolecular Hbond substituents is 1. The maximum absolute atomic E-state index is 9.86. The van der Waals surface area contributed by atoms with Gasteiger partial charge in [-0.2, -0.15) is 0 Å². The fourth-order valence-corrected chi connectivity index (χ4v) is 3.50. The molecule has 0 bridgehead atoms. The van der Waals surface area contributed by atoms with Gasteiger partial charge in [-0.05, 0) is 41.7 Å². The Morgan fingerprint density at radius 2 is 2.00 bits per heavy atom. The van der Waals surface area contributed by atoms with Crippen molar-refractivity contribution >= 4 is 22.6 Å². The van der Waals surface area contributed by atoms with Crippen LogP contribution in [0.25, 0.3) is 22.6 Å². The SMILES string of the molecule is Oc1cc(/C=C/CC2CC(c3ccccc3)=CCN2)c2cc[nH]c2c1. The van der Waals surface area contributed by atoms with Gasteiger partial charge in [0.1, 0.15) is 5.75 Å². The van der Waals surface area contributed by atoms with Crippen LogP contribution in [-0.4, -0.2) is 22.7 Å². The molecule has 25 heavy (non-hydrogen) atoms. The zero-order valence-electron chi connectivity index (χ0n) is 14.1. The van der Waals surface area contributed by atoms with Crippen molar-refractivity contribution in [1.29, 1.82) is 0 Å². The molecule has 1 aromatic heterocycles. The van der Waals surface area contributed by atoms with Crippen molar-refractivity contribution in [2.45, 2.75) is 18.9 Å². The summed E-state index contributed by atoms with van der Waals surface area (Å²) in [5.74, 6) is 0.291. The van der Waals surface area contributed by atoms with Crippen LogP contribution in [-0.2, 0) is 0 Å². The Morgan fingerprint density at radius 3 is 2.88 bits per heavy atom. The summed E-state index contributed by atoms with van der Waals surface area (Å²) in [5.41, 5.74) is 4.75. The van der Waals surface area contributed by atoms with E-state index in [0.717, 1.165) is 35.9 Å². The third-order valence-electron chi connectivity index (χ3n) is 4.77. The second-order valence-corrected chi connectivity index (χ2v) is 6.52. The number of hydrogen-bond donors (Lipinski definition) is 3. The zero-order chi connectivity index (χ0) is 17.1. The molecule has 1 atom stereocenters. The molecule has 2 aromatic carbocycles. The number of benzene rings is 2. The van der Waals surface area contributed by atoms with E-state index in [1.165, 1.54) is 11.1 Å². The van der Waals surface area contributed by atoms with E-state index in [1.807, 2.05) is 18.3 Å². The lowest BCUT2D eigenvalue weighted by molar-refractivity contribution is 0.476. The van der Waals surface area contributed by atoms with E-state index in [0.29, 0.717) is 11.8 Å². The number of aromatic amines is 1. The number of aromatic nitrogens is 1. The first-order valence-electron chi connectivity index (χ1n) is 8.74. The van der Waals surface area contributed by atoms with Gasteiger partial charge in [0.2, 0.25) is 0 Å². The predicted octanol–water partition coefficient (Wildman–Crippen LogP) is 4.72. The smallest absolute Gasteiger partial charge is 0.118 e. The maximum Gasteiger partial charge on any atom is 0.118 e. The van der Waals surface area contributed by atoms with Gasteiger partial charge < -0.3 is 15.4 Å². The summed E-state index contributed by atoms with van der Waals surface area (Å²) in [6.45, 7) is 0.914. The van der Waals surface area contributed by atoms with Gasteiger partial charge in [0.25, 0.3) is 0 Å². The second-order valence-electron chi connectivity index (χ2n) is 6.52. The molecule has 2 heterocycles. The maximum atomic E-state index is 9.86. The van der Waals surface area contributed by atoms with E-state index in [4.69, 9.17) is 0 Å². The van der Waals surface area contributed by atoms with Gasteiger partial charge in [0, 0.05) is 35.8 Å². The minimum Gasteiger partial charge on any atom is -0.508 e. The molecule has 3 nitrogen and oxygen atoms in total. The van der Waals surface area contributed by atoms with Crippen molar-refractivity contribution < 1.29 is 5.11 Å². The van der Waals surface area contributed by atoms with E-state index < -0.39 is 0 Å². The molecule has 3 N–H and O–H groups in total. The molecule has 0 radical (unpaired) electrons. The second kappa shape index (κ2) is 6.99. The molecule has 3 heteroatoms. The average molecular weight is 330 g/mol. The summed E-state index contributed by atoms with van der Waals surface area (Å²) in [4.78, 5) is 3.15. The van der Waals surface area contributed by atoms with Crippen LogP contribution in [0.4, 0.5) is 0 Å². The molecule has 0 saturated heterocycles. The highest BCUT2D eigenvalue weighted by atomic mass is 16.3. The van der Waals surface area contributed by atoms with Crippen LogP contribution >= 0.6 is 0 Å². The quantitative estimate of drug-likeness (QED) is 0.648. The van der Waals surface area contributed by atoms with Crippen molar-refractivity contribution in [3.8, 4) is 5.75 Å². The Hall–Kier alpha value is -2.78. The van der Waals surface area contributed by atoms with Crippen LogP contribution in [0.1, 0.15) is 24.0 Å². The van der Waals surface area contributed by atoms with Crippen LogP contribution in [0.2, 0.25) is 0 Å². The number of aromatic hydroxyl groups is 1. The van der Waals surface area contributed by atoms with E-state index >= 15 is 0 Å². The van der Waals surface area contributed by atoms with E-state index in [1.54, 1.807) is 6.07 Å². The van der Waals surface area contributed by atoms with Crippen molar-refractivity contribution in [2.75, 3.05) is 6.54 Å². The number of nitrogens with one attached hydrogen (secondary N) is 2. The van der Waals surface area contributed by atoms with Gasteiger partial charge in [0.05, 0.1) is 0 Å². The molecule has 0 saturated carbocycles. The largest absolute Gasteiger partial charge is 0.508 e. The summed E-state index contributed by atoms with van der Waals surface area (Å²) in [6, 6.07) is 16.7. The summed E-state index contributed by atoms with van der Waals surface area (Å²) < 4.78 is 0. The lowest BCUT2D eigenvalue weighted by Crippen LogP contribution is -2.32. The normalized spacial score (nSPS) is 17.9. The minimum atomic E-state index is 0.291. The van der Waals surface area contributed by atoms with Gasteiger partial charge in [-0.15, -0.1) is 0 Å². The van der Waals surface area contributed by atoms with Crippen molar-refractivity contribution in [2.24, 2.45) is 0 Å². The number of rotatable bonds is 4. The van der Waals surface area contributed by atoms with Crippen molar-refractivity contribution in [3.05, 3.63) is 78.0 Å². The third kappa shape index (κ3) is 3.52. The number of H-pyrrole nitrogens is 1. The minimum absolute atomic E-state index is 0.291. The molecule has 0 aliphatic carbocycles.